The lowest BCUT2D eigenvalue weighted by Gasteiger charge is -2.03. The smallest absolute Gasteiger partial charge is 0.212 e. The number of thiazole rings is 1. The molecule has 5 nitrogen and oxygen atoms in total. The first-order valence-electron chi connectivity index (χ1n) is 6.11. The van der Waals surface area contributed by atoms with Gasteiger partial charge in [-0.3, -0.25) is 4.79 Å². The molecule has 3 rings (SSSR count). The van der Waals surface area contributed by atoms with Crippen molar-refractivity contribution in [1.29, 1.82) is 0 Å². The summed E-state index contributed by atoms with van der Waals surface area (Å²) in [6, 6.07) is 9.61. The second kappa shape index (κ2) is 4.97. The summed E-state index contributed by atoms with van der Waals surface area (Å²) in [4.78, 5) is 16.8. The molecule has 0 saturated heterocycles. The molecule has 0 aliphatic heterocycles. The molecule has 20 heavy (non-hydrogen) atoms. The lowest BCUT2D eigenvalue weighted by molar-refractivity contribution is 0.111. The van der Waals surface area contributed by atoms with E-state index in [-0.39, 0.29) is 0 Å². The molecular weight excluding hydrogens is 272 g/mol. The Kier molecular flexibility index (Phi) is 3.15. The maximum absolute atomic E-state index is 11.2. The van der Waals surface area contributed by atoms with Crippen molar-refractivity contribution in [1.82, 2.24) is 20.0 Å². The highest BCUT2D eigenvalue weighted by Crippen LogP contribution is 2.27. The van der Waals surface area contributed by atoms with Crippen molar-refractivity contribution in [2.24, 2.45) is 0 Å². The SMILES string of the molecule is Cc1nc(-n2nnc(C=O)c2-c2ccccc2)sc1C. The van der Waals surface area contributed by atoms with Crippen LogP contribution in [-0.4, -0.2) is 26.3 Å². The molecule has 0 amide bonds. The molecule has 6 heteroatoms. The maximum atomic E-state index is 11.2. The van der Waals surface area contributed by atoms with Crippen LogP contribution in [0.25, 0.3) is 16.4 Å². The molecule has 0 aliphatic rings. The molecule has 0 unspecified atom stereocenters. The number of aryl methyl sites for hydroxylation is 2. The summed E-state index contributed by atoms with van der Waals surface area (Å²) in [6.45, 7) is 3.96. The van der Waals surface area contributed by atoms with E-state index in [1.807, 2.05) is 44.2 Å². The Morgan fingerprint density at radius 2 is 1.95 bits per heavy atom. The van der Waals surface area contributed by atoms with E-state index in [2.05, 4.69) is 15.3 Å². The fourth-order valence-corrected chi connectivity index (χ4v) is 2.78. The van der Waals surface area contributed by atoms with Crippen LogP contribution in [0.15, 0.2) is 30.3 Å². The second-order valence-electron chi connectivity index (χ2n) is 4.36. The van der Waals surface area contributed by atoms with Crippen LogP contribution in [0.3, 0.4) is 0 Å². The molecule has 3 aromatic rings. The van der Waals surface area contributed by atoms with E-state index in [1.54, 1.807) is 4.68 Å². The van der Waals surface area contributed by atoms with Crippen molar-refractivity contribution in [2.75, 3.05) is 0 Å². The van der Waals surface area contributed by atoms with Gasteiger partial charge in [-0.2, -0.15) is 4.68 Å². The average molecular weight is 284 g/mol. The summed E-state index contributed by atoms with van der Waals surface area (Å²) in [7, 11) is 0. The van der Waals surface area contributed by atoms with Crippen LogP contribution in [0.1, 0.15) is 21.1 Å². The van der Waals surface area contributed by atoms with Crippen LogP contribution in [0.2, 0.25) is 0 Å². The van der Waals surface area contributed by atoms with Gasteiger partial charge in [0.1, 0.15) is 5.69 Å². The minimum absolute atomic E-state index is 0.321. The van der Waals surface area contributed by atoms with Gasteiger partial charge in [-0.1, -0.05) is 46.9 Å². The predicted molar refractivity (Wildman–Crippen MR) is 77.3 cm³/mol. The first-order chi connectivity index (χ1) is 9.70. The Morgan fingerprint density at radius 1 is 1.20 bits per heavy atom. The number of benzene rings is 1. The molecule has 0 saturated carbocycles. The topological polar surface area (TPSA) is 60.7 Å². The van der Waals surface area contributed by atoms with Crippen molar-refractivity contribution in [3.05, 3.63) is 46.6 Å². The van der Waals surface area contributed by atoms with Crippen LogP contribution < -0.4 is 0 Å². The van der Waals surface area contributed by atoms with Gasteiger partial charge in [0.2, 0.25) is 5.13 Å². The maximum Gasteiger partial charge on any atom is 0.212 e. The summed E-state index contributed by atoms with van der Waals surface area (Å²) in [5.41, 5.74) is 2.85. The van der Waals surface area contributed by atoms with E-state index in [0.29, 0.717) is 11.4 Å². The number of hydrogen-bond acceptors (Lipinski definition) is 5. The van der Waals surface area contributed by atoms with E-state index in [4.69, 9.17) is 0 Å². The Bertz CT molecular complexity index is 741. The monoisotopic (exact) mass is 284 g/mol. The number of aldehydes is 1. The van der Waals surface area contributed by atoms with E-state index in [0.717, 1.165) is 27.6 Å². The van der Waals surface area contributed by atoms with Gasteiger partial charge in [0.15, 0.2) is 12.0 Å². The molecule has 1 aromatic carbocycles. The van der Waals surface area contributed by atoms with E-state index < -0.39 is 0 Å². The zero-order chi connectivity index (χ0) is 14.1. The molecule has 0 fully saturated rings. The number of aromatic nitrogens is 4. The van der Waals surface area contributed by atoms with Gasteiger partial charge in [0, 0.05) is 10.4 Å². The first kappa shape index (κ1) is 12.7. The molecule has 0 spiro atoms. The third-order valence-electron chi connectivity index (χ3n) is 3.05. The number of hydrogen-bond donors (Lipinski definition) is 0. The number of nitrogens with zero attached hydrogens (tertiary/aromatic N) is 4. The summed E-state index contributed by atoms with van der Waals surface area (Å²) < 4.78 is 1.63. The summed E-state index contributed by atoms with van der Waals surface area (Å²) in [5, 5.41) is 8.73. The number of carbonyl (C=O) groups is 1. The Morgan fingerprint density at radius 3 is 2.55 bits per heavy atom. The van der Waals surface area contributed by atoms with E-state index in [9.17, 15) is 4.79 Å². The zero-order valence-corrected chi connectivity index (χ0v) is 11.9. The molecule has 2 aromatic heterocycles. The molecule has 0 atom stereocenters. The standard InChI is InChI=1S/C14H12N4OS/c1-9-10(2)20-14(15-9)18-13(12(8-19)16-17-18)11-6-4-3-5-7-11/h3-8H,1-2H3. The molecule has 0 radical (unpaired) electrons. The van der Waals surface area contributed by atoms with Crippen molar-refractivity contribution >= 4 is 17.6 Å². The molecule has 100 valence electrons. The van der Waals surface area contributed by atoms with Gasteiger partial charge in [-0.05, 0) is 13.8 Å². The highest BCUT2D eigenvalue weighted by atomic mass is 32.1. The largest absolute Gasteiger partial charge is 0.296 e. The van der Waals surface area contributed by atoms with E-state index in [1.165, 1.54) is 11.3 Å². The normalized spacial score (nSPS) is 10.7. The molecule has 0 aliphatic carbocycles. The minimum Gasteiger partial charge on any atom is -0.296 e. The summed E-state index contributed by atoms with van der Waals surface area (Å²) >= 11 is 1.53. The molecule has 0 N–H and O–H groups in total. The van der Waals surface area contributed by atoms with Crippen molar-refractivity contribution in [3.8, 4) is 16.4 Å². The lowest BCUT2D eigenvalue weighted by Crippen LogP contribution is -1.99. The zero-order valence-electron chi connectivity index (χ0n) is 11.1. The Hall–Kier alpha value is -2.34. The van der Waals surface area contributed by atoms with Gasteiger partial charge in [0.25, 0.3) is 0 Å². The van der Waals surface area contributed by atoms with Crippen LogP contribution in [-0.2, 0) is 0 Å². The molecular formula is C14H12N4OS. The third-order valence-corrected chi connectivity index (χ3v) is 4.10. The summed E-state index contributed by atoms with van der Waals surface area (Å²) in [5.74, 6) is 0. The highest BCUT2D eigenvalue weighted by Gasteiger charge is 2.18. The van der Waals surface area contributed by atoms with E-state index >= 15 is 0 Å². The fourth-order valence-electron chi connectivity index (χ4n) is 1.92. The van der Waals surface area contributed by atoms with Crippen LogP contribution in [0, 0.1) is 13.8 Å². The summed E-state index contributed by atoms with van der Waals surface area (Å²) in [6.07, 6.45) is 0.721. The van der Waals surface area contributed by atoms with Gasteiger partial charge in [-0.25, -0.2) is 4.98 Å². The third kappa shape index (κ3) is 2.04. The number of carbonyl (C=O) groups excluding carboxylic acids is 1. The van der Waals surface area contributed by atoms with Crippen molar-refractivity contribution in [3.63, 3.8) is 0 Å². The predicted octanol–water partition coefficient (Wildman–Crippen LogP) is 2.82. The lowest BCUT2D eigenvalue weighted by atomic mass is 10.1. The van der Waals surface area contributed by atoms with Crippen LogP contribution in [0.5, 0.6) is 0 Å². The van der Waals surface area contributed by atoms with Crippen LogP contribution in [0.4, 0.5) is 0 Å². The first-order valence-corrected chi connectivity index (χ1v) is 6.93. The Labute approximate surface area is 119 Å². The van der Waals surface area contributed by atoms with Gasteiger partial charge in [0.05, 0.1) is 5.69 Å². The highest BCUT2D eigenvalue weighted by molar-refractivity contribution is 7.14. The second-order valence-corrected chi connectivity index (χ2v) is 5.54. The van der Waals surface area contributed by atoms with Crippen molar-refractivity contribution < 1.29 is 4.79 Å². The van der Waals surface area contributed by atoms with Crippen LogP contribution >= 0.6 is 11.3 Å². The fraction of sp³-hybridized carbons (Fsp3) is 0.143. The van der Waals surface area contributed by atoms with Gasteiger partial charge < -0.3 is 0 Å². The van der Waals surface area contributed by atoms with Crippen molar-refractivity contribution in [2.45, 2.75) is 13.8 Å². The van der Waals surface area contributed by atoms with Gasteiger partial charge in [-0.15, -0.1) is 5.10 Å². The molecule has 2 heterocycles. The Balaban J connectivity index is 2.22. The quantitative estimate of drug-likeness (QED) is 0.694. The minimum atomic E-state index is 0.321. The number of rotatable bonds is 3. The average Bonchev–Trinajstić information content (AvgIpc) is 3.04. The molecule has 0 bridgehead atoms. The van der Waals surface area contributed by atoms with Gasteiger partial charge >= 0.3 is 0 Å².